The summed E-state index contributed by atoms with van der Waals surface area (Å²) in [6.07, 6.45) is 0.112. The summed E-state index contributed by atoms with van der Waals surface area (Å²) in [5.74, 6) is 0.0808. The van der Waals surface area contributed by atoms with Gasteiger partial charge < -0.3 is 5.73 Å². The Morgan fingerprint density at radius 1 is 1.41 bits per heavy atom. The van der Waals surface area contributed by atoms with E-state index in [1.165, 1.54) is 5.01 Å². The van der Waals surface area contributed by atoms with Gasteiger partial charge in [0.1, 0.15) is 5.84 Å². The fraction of sp³-hybridized carbons (Fsp3) is 0.273. The van der Waals surface area contributed by atoms with Crippen molar-refractivity contribution in [2.75, 3.05) is 5.01 Å². The predicted octanol–water partition coefficient (Wildman–Crippen LogP) is 2.62. The van der Waals surface area contributed by atoms with Gasteiger partial charge in [-0.3, -0.25) is 4.79 Å². The molecule has 0 saturated carbocycles. The summed E-state index contributed by atoms with van der Waals surface area (Å²) in [6, 6.07) is 1.76. The molecule has 1 aliphatic rings. The van der Waals surface area contributed by atoms with Gasteiger partial charge in [-0.1, -0.05) is 23.2 Å². The first-order valence-electron chi connectivity index (χ1n) is 5.03. The van der Waals surface area contributed by atoms with Crippen molar-refractivity contribution in [1.29, 1.82) is 0 Å². The van der Waals surface area contributed by atoms with Crippen molar-refractivity contribution < 1.29 is 4.79 Å². The van der Waals surface area contributed by atoms with E-state index in [0.29, 0.717) is 21.3 Å². The van der Waals surface area contributed by atoms with Crippen LogP contribution < -0.4 is 10.7 Å². The van der Waals surface area contributed by atoms with Crippen LogP contribution in [0.15, 0.2) is 11.2 Å². The Morgan fingerprint density at radius 3 is 2.59 bits per heavy atom. The molecule has 17 heavy (non-hydrogen) atoms. The molecule has 1 aliphatic heterocycles. The number of amides is 1. The average molecular weight is 272 g/mol. The van der Waals surface area contributed by atoms with Crippen molar-refractivity contribution in [1.82, 2.24) is 0 Å². The van der Waals surface area contributed by atoms with Crippen molar-refractivity contribution in [3.05, 3.63) is 27.2 Å². The van der Waals surface area contributed by atoms with Gasteiger partial charge in [-0.05, 0) is 31.0 Å². The molecule has 90 valence electrons. The lowest BCUT2D eigenvalue weighted by Gasteiger charge is -2.18. The number of benzene rings is 1. The first-order valence-corrected chi connectivity index (χ1v) is 5.78. The second kappa shape index (κ2) is 4.20. The lowest BCUT2D eigenvalue weighted by atomic mass is 10.1. The number of hydrogen-bond donors (Lipinski definition) is 1. The molecule has 2 rings (SSSR count). The van der Waals surface area contributed by atoms with E-state index in [0.717, 1.165) is 5.56 Å². The monoisotopic (exact) mass is 271 g/mol. The maximum absolute atomic E-state index is 11.7. The molecule has 0 fully saturated rings. The molecule has 0 spiro atoms. The lowest BCUT2D eigenvalue weighted by Crippen LogP contribution is -2.21. The van der Waals surface area contributed by atoms with Crippen LogP contribution >= 0.6 is 23.2 Å². The second-order valence-electron chi connectivity index (χ2n) is 3.94. The van der Waals surface area contributed by atoms with Crippen LogP contribution in [0.25, 0.3) is 0 Å². The fourth-order valence-electron chi connectivity index (χ4n) is 1.70. The van der Waals surface area contributed by atoms with Crippen LogP contribution in [-0.4, -0.2) is 11.7 Å². The first-order chi connectivity index (χ1) is 7.91. The minimum absolute atomic E-state index is 0.112. The Morgan fingerprint density at radius 2 is 2.06 bits per heavy atom. The molecule has 0 radical (unpaired) electrons. The number of carbonyl (C=O) groups is 1. The number of nitrogens with two attached hydrogens (primary N) is 1. The van der Waals surface area contributed by atoms with E-state index in [1.54, 1.807) is 13.0 Å². The summed E-state index contributed by atoms with van der Waals surface area (Å²) in [5.41, 5.74) is 7.57. The van der Waals surface area contributed by atoms with Gasteiger partial charge in [-0.2, -0.15) is 10.1 Å². The number of anilines is 1. The number of nitrogens with zero attached hydrogens (tertiary/aromatic N) is 2. The highest BCUT2D eigenvalue weighted by Gasteiger charge is 2.28. The number of aryl methyl sites for hydroxylation is 1. The molecule has 0 bridgehead atoms. The summed E-state index contributed by atoms with van der Waals surface area (Å²) >= 11 is 12.3. The molecule has 1 amide bonds. The summed E-state index contributed by atoms with van der Waals surface area (Å²) in [4.78, 5) is 11.7. The number of hydrogen-bond acceptors (Lipinski definition) is 3. The third-order valence-electron chi connectivity index (χ3n) is 2.62. The van der Waals surface area contributed by atoms with Gasteiger partial charge in [0.05, 0.1) is 17.1 Å². The topological polar surface area (TPSA) is 58.7 Å². The number of hydrazone groups is 1. The minimum Gasteiger partial charge on any atom is -0.385 e. The van der Waals surface area contributed by atoms with Crippen molar-refractivity contribution in [3.63, 3.8) is 0 Å². The average Bonchev–Trinajstić information content (AvgIpc) is 2.56. The van der Waals surface area contributed by atoms with Crippen LogP contribution in [-0.2, 0) is 4.79 Å². The number of halogens is 2. The highest BCUT2D eigenvalue weighted by atomic mass is 35.5. The van der Waals surface area contributed by atoms with E-state index in [2.05, 4.69) is 5.10 Å². The molecule has 0 atom stereocenters. The van der Waals surface area contributed by atoms with Crippen LogP contribution in [0.4, 0.5) is 5.69 Å². The maximum Gasteiger partial charge on any atom is 0.255 e. The van der Waals surface area contributed by atoms with Crippen LogP contribution in [0, 0.1) is 13.8 Å². The van der Waals surface area contributed by atoms with E-state index >= 15 is 0 Å². The zero-order valence-corrected chi connectivity index (χ0v) is 10.9. The molecule has 1 heterocycles. The zero-order valence-electron chi connectivity index (χ0n) is 9.42. The van der Waals surface area contributed by atoms with E-state index in [4.69, 9.17) is 28.9 Å². The van der Waals surface area contributed by atoms with Crippen LogP contribution in [0.1, 0.15) is 17.5 Å². The van der Waals surface area contributed by atoms with Crippen molar-refractivity contribution >= 4 is 40.6 Å². The Balaban J connectivity index is 2.63. The van der Waals surface area contributed by atoms with E-state index in [1.807, 2.05) is 6.92 Å². The standard InChI is InChI=1S/C11H11Cl2N3O/c1-5-3-7(12)6(2)11(10(5)13)16-9(17)4-8(14)15-16/h3H,4H2,1-2H3,(H2,14,15). The second-order valence-corrected chi connectivity index (χ2v) is 4.72. The van der Waals surface area contributed by atoms with Gasteiger partial charge in [0.25, 0.3) is 5.91 Å². The molecule has 1 aromatic carbocycles. The van der Waals surface area contributed by atoms with Crippen molar-refractivity contribution in [2.24, 2.45) is 10.8 Å². The molecule has 0 aromatic heterocycles. The minimum atomic E-state index is -0.200. The Kier molecular flexibility index (Phi) is 3.02. The third kappa shape index (κ3) is 1.98. The van der Waals surface area contributed by atoms with Gasteiger partial charge in [0.2, 0.25) is 0 Å². The third-order valence-corrected chi connectivity index (χ3v) is 3.49. The highest BCUT2D eigenvalue weighted by molar-refractivity contribution is 6.37. The zero-order chi connectivity index (χ0) is 12.7. The van der Waals surface area contributed by atoms with Crippen LogP contribution in [0.2, 0.25) is 10.0 Å². The van der Waals surface area contributed by atoms with E-state index < -0.39 is 0 Å². The lowest BCUT2D eigenvalue weighted by molar-refractivity contribution is -0.116. The fourth-order valence-corrected chi connectivity index (χ4v) is 2.23. The normalized spacial score (nSPS) is 15.4. The van der Waals surface area contributed by atoms with Gasteiger partial charge in [0, 0.05) is 5.02 Å². The largest absolute Gasteiger partial charge is 0.385 e. The van der Waals surface area contributed by atoms with Crippen molar-refractivity contribution in [2.45, 2.75) is 20.3 Å². The van der Waals surface area contributed by atoms with E-state index in [-0.39, 0.29) is 18.2 Å². The first kappa shape index (κ1) is 12.2. The van der Waals surface area contributed by atoms with Crippen LogP contribution in [0.5, 0.6) is 0 Å². The molecule has 0 aliphatic carbocycles. The summed E-state index contributed by atoms with van der Waals surface area (Å²) in [7, 11) is 0. The molecule has 0 saturated heterocycles. The summed E-state index contributed by atoms with van der Waals surface area (Å²) < 4.78 is 0. The molecule has 0 unspecified atom stereocenters. The summed E-state index contributed by atoms with van der Waals surface area (Å²) in [6.45, 7) is 3.62. The number of carbonyl (C=O) groups excluding carboxylic acids is 1. The molecule has 1 aromatic rings. The molecule has 2 N–H and O–H groups in total. The van der Waals surface area contributed by atoms with Crippen LogP contribution in [0.3, 0.4) is 0 Å². The smallest absolute Gasteiger partial charge is 0.255 e. The Labute approximate surface area is 109 Å². The SMILES string of the molecule is Cc1cc(Cl)c(C)c(N2N=C(N)CC2=O)c1Cl. The quantitative estimate of drug-likeness (QED) is 0.854. The molecule has 6 heteroatoms. The van der Waals surface area contributed by atoms with Gasteiger partial charge in [-0.25, -0.2) is 0 Å². The summed E-state index contributed by atoms with van der Waals surface area (Å²) in [5, 5.41) is 6.23. The van der Waals surface area contributed by atoms with Gasteiger partial charge >= 0.3 is 0 Å². The van der Waals surface area contributed by atoms with E-state index in [9.17, 15) is 4.79 Å². The number of rotatable bonds is 1. The predicted molar refractivity (Wildman–Crippen MR) is 69.7 cm³/mol. The Hall–Kier alpha value is -1.26. The van der Waals surface area contributed by atoms with Gasteiger partial charge in [-0.15, -0.1) is 0 Å². The van der Waals surface area contributed by atoms with Gasteiger partial charge in [0.15, 0.2) is 0 Å². The van der Waals surface area contributed by atoms with Crippen molar-refractivity contribution in [3.8, 4) is 0 Å². The number of amidine groups is 1. The maximum atomic E-state index is 11.7. The molecular weight excluding hydrogens is 261 g/mol. The molecular formula is C11H11Cl2N3O. The Bertz CT molecular complexity index is 514. The molecule has 4 nitrogen and oxygen atoms in total. The highest BCUT2D eigenvalue weighted by Crippen LogP contribution is 2.38.